The third-order valence-corrected chi connectivity index (χ3v) is 1.73. The number of nitrogens with zero attached hydrogens (tertiary/aromatic N) is 2. The Labute approximate surface area is 69.6 Å². The molecular formula is C8H20N2O. The van der Waals surface area contributed by atoms with Crippen LogP contribution >= 0.6 is 0 Å². The predicted octanol–water partition coefficient (Wildman–Crippen LogP) is -0.138. The van der Waals surface area contributed by atoms with E-state index in [1.54, 1.807) is 0 Å². The lowest BCUT2D eigenvalue weighted by Crippen LogP contribution is -2.33. The molecular weight excluding hydrogens is 140 g/mol. The molecule has 0 amide bonds. The van der Waals surface area contributed by atoms with Crippen LogP contribution in [0.2, 0.25) is 0 Å². The standard InChI is InChI=1S/C8H20N2O/c1-4-10(7-8-11)6-5-9(2)3/h11H,4-8H2,1-3H3. The van der Waals surface area contributed by atoms with Crippen molar-refractivity contribution >= 4 is 0 Å². The van der Waals surface area contributed by atoms with Crippen LogP contribution in [0.4, 0.5) is 0 Å². The molecule has 0 aromatic carbocycles. The first kappa shape index (κ1) is 10.9. The molecule has 0 unspecified atom stereocenters. The van der Waals surface area contributed by atoms with Crippen LogP contribution in [-0.4, -0.2) is 61.8 Å². The molecule has 3 nitrogen and oxygen atoms in total. The number of aliphatic hydroxyl groups is 1. The fourth-order valence-corrected chi connectivity index (χ4v) is 0.911. The maximum atomic E-state index is 8.68. The highest BCUT2D eigenvalue weighted by Gasteiger charge is 2.00. The van der Waals surface area contributed by atoms with Crippen molar-refractivity contribution in [3.63, 3.8) is 0 Å². The lowest BCUT2D eigenvalue weighted by atomic mass is 10.4. The van der Waals surface area contributed by atoms with E-state index in [1.165, 1.54) is 0 Å². The van der Waals surface area contributed by atoms with E-state index in [-0.39, 0.29) is 6.61 Å². The molecule has 0 fully saturated rings. The maximum absolute atomic E-state index is 8.68. The number of hydrogen-bond acceptors (Lipinski definition) is 3. The van der Waals surface area contributed by atoms with Crippen molar-refractivity contribution in [2.45, 2.75) is 6.92 Å². The van der Waals surface area contributed by atoms with Crippen LogP contribution in [0.3, 0.4) is 0 Å². The summed E-state index contributed by atoms with van der Waals surface area (Å²) in [6.07, 6.45) is 0. The van der Waals surface area contributed by atoms with Crippen molar-refractivity contribution in [2.75, 3.05) is 46.9 Å². The molecule has 0 aliphatic rings. The first-order valence-electron chi connectivity index (χ1n) is 4.18. The highest BCUT2D eigenvalue weighted by atomic mass is 16.3. The number of rotatable bonds is 6. The van der Waals surface area contributed by atoms with E-state index in [9.17, 15) is 0 Å². The summed E-state index contributed by atoms with van der Waals surface area (Å²) >= 11 is 0. The van der Waals surface area contributed by atoms with Gasteiger partial charge in [-0.05, 0) is 20.6 Å². The normalized spacial score (nSPS) is 11.5. The van der Waals surface area contributed by atoms with Crippen LogP contribution in [0, 0.1) is 0 Å². The highest BCUT2D eigenvalue weighted by molar-refractivity contribution is 4.55. The highest BCUT2D eigenvalue weighted by Crippen LogP contribution is 1.86. The van der Waals surface area contributed by atoms with Crippen LogP contribution in [0.5, 0.6) is 0 Å². The Bertz CT molecular complexity index is 86.2. The average Bonchev–Trinajstić information content (AvgIpc) is 1.97. The van der Waals surface area contributed by atoms with Gasteiger partial charge in [0.05, 0.1) is 6.61 Å². The first-order chi connectivity index (χ1) is 5.20. The van der Waals surface area contributed by atoms with Gasteiger partial charge < -0.3 is 14.9 Å². The molecule has 0 rings (SSSR count). The Hall–Kier alpha value is -0.120. The zero-order chi connectivity index (χ0) is 8.69. The van der Waals surface area contributed by atoms with Crippen molar-refractivity contribution in [3.8, 4) is 0 Å². The van der Waals surface area contributed by atoms with Gasteiger partial charge in [0.1, 0.15) is 0 Å². The van der Waals surface area contributed by atoms with Crippen LogP contribution in [0.1, 0.15) is 6.92 Å². The Kier molecular flexibility index (Phi) is 6.51. The van der Waals surface area contributed by atoms with E-state index in [4.69, 9.17) is 5.11 Å². The third kappa shape index (κ3) is 6.28. The SMILES string of the molecule is CCN(CCO)CCN(C)C. The fraction of sp³-hybridized carbons (Fsp3) is 1.00. The van der Waals surface area contributed by atoms with Gasteiger partial charge in [0.15, 0.2) is 0 Å². The first-order valence-corrected chi connectivity index (χ1v) is 4.18. The number of hydrogen-bond donors (Lipinski definition) is 1. The molecule has 0 saturated heterocycles. The molecule has 0 aromatic rings. The molecule has 0 aliphatic carbocycles. The molecule has 0 aliphatic heterocycles. The summed E-state index contributed by atoms with van der Waals surface area (Å²) in [5.74, 6) is 0. The fourth-order valence-electron chi connectivity index (χ4n) is 0.911. The molecule has 3 heteroatoms. The summed E-state index contributed by atoms with van der Waals surface area (Å²) in [5, 5.41) is 8.68. The molecule has 0 spiro atoms. The molecule has 0 radical (unpaired) electrons. The van der Waals surface area contributed by atoms with Crippen molar-refractivity contribution in [3.05, 3.63) is 0 Å². The Morgan fingerprint density at radius 3 is 2.09 bits per heavy atom. The van der Waals surface area contributed by atoms with E-state index in [0.29, 0.717) is 0 Å². The lowest BCUT2D eigenvalue weighted by Gasteiger charge is -2.21. The van der Waals surface area contributed by atoms with E-state index >= 15 is 0 Å². The zero-order valence-electron chi connectivity index (χ0n) is 7.88. The monoisotopic (exact) mass is 160 g/mol. The molecule has 1 N–H and O–H groups in total. The van der Waals surface area contributed by atoms with Crippen LogP contribution < -0.4 is 0 Å². The predicted molar refractivity (Wildman–Crippen MR) is 47.8 cm³/mol. The summed E-state index contributed by atoms with van der Waals surface area (Å²) in [6, 6.07) is 0. The molecule has 68 valence electrons. The van der Waals surface area contributed by atoms with E-state index in [1.807, 2.05) is 0 Å². The lowest BCUT2D eigenvalue weighted by molar-refractivity contribution is 0.189. The summed E-state index contributed by atoms with van der Waals surface area (Å²) in [5.41, 5.74) is 0. The van der Waals surface area contributed by atoms with Gasteiger partial charge in [-0.25, -0.2) is 0 Å². The van der Waals surface area contributed by atoms with E-state index < -0.39 is 0 Å². The second-order valence-corrected chi connectivity index (χ2v) is 2.96. The second kappa shape index (κ2) is 6.58. The second-order valence-electron chi connectivity index (χ2n) is 2.96. The Morgan fingerprint density at radius 2 is 1.73 bits per heavy atom. The van der Waals surface area contributed by atoms with Gasteiger partial charge in [-0.3, -0.25) is 0 Å². The summed E-state index contributed by atoms with van der Waals surface area (Å²) in [4.78, 5) is 4.39. The van der Waals surface area contributed by atoms with Gasteiger partial charge in [-0.15, -0.1) is 0 Å². The minimum atomic E-state index is 0.265. The smallest absolute Gasteiger partial charge is 0.0558 e. The third-order valence-electron chi connectivity index (χ3n) is 1.73. The van der Waals surface area contributed by atoms with Gasteiger partial charge in [0, 0.05) is 19.6 Å². The Morgan fingerprint density at radius 1 is 1.09 bits per heavy atom. The van der Waals surface area contributed by atoms with Crippen molar-refractivity contribution in [2.24, 2.45) is 0 Å². The zero-order valence-corrected chi connectivity index (χ0v) is 7.88. The largest absolute Gasteiger partial charge is 0.395 e. The van der Waals surface area contributed by atoms with Gasteiger partial charge in [-0.1, -0.05) is 6.92 Å². The molecule has 0 atom stereocenters. The minimum absolute atomic E-state index is 0.265. The number of aliphatic hydroxyl groups excluding tert-OH is 1. The van der Waals surface area contributed by atoms with Gasteiger partial charge in [0.2, 0.25) is 0 Å². The molecule has 0 aromatic heterocycles. The molecule has 0 bridgehead atoms. The Balaban J connectivity index is 3.35. The van der Waals surface area contributed by atoms with E-state index in [0.717, 1.165) is 26.2 Å². The molecule has 0 saturated carbocycles. The summed E-state index contributed by atoms with van der Waals surface area (Å²) < 4.78 is 0. The molecule has 11 heavy (non-hydrogen) atoms. The molecule has 0 heterocycles. The van der Waals surface area contributed by atoms with Gasteiger partial charge >= 0.3 is 0 Å². The summed E-state index contributed by atoms with van der Waals surface area (Å²) in [7, 11) is 4.12. The minimum Gasteiger partial charge on any atom is -0.395 e. The van der Waals surface area contributed by atoms with Crippen molar-refractivity contribution in [1.29, 1.82) is 0 Å². The topological polar surface area (TPSA) is 26.7 Å². The van der Waals surface area contributed by atoms with E-state index in [2.05, 4.69) is 30.8 Å². The summed E-state index contributed by atoms with van der Waals surface area (Å²) in [6.45, 7) is 6.31. The van der Waals surface area contributed by atoms with Crippen LogP contribution in [0.25, 0.3) is 0 Å². The van der Waals surface area contributed by atoms with Crippen molar-refractivity contribution in [1.82, 2.24) is 9.80 Å². The van der Waals surface area contributed by atoms with Crippen LogP contribution in [-0.2, 0) is 0 Å². The maximum Gasteiger partial charge on any atom is 0.0558 e. The quantitative estimate of drug-likeness (QED) is 0.586. The average molecular weight is 160 g/mol. The number of likely N-dealkylation sites (N-methyl/N-ethyl adjacent to an activating group) is 2. The van der Waals surface area contributed by atoms with Crippen LogP contribution in [0.15, 0.2) is 0 Å². The van der Waals surface area contributed by atoms with Gasteiger partial charge in [0.25, 0.3) is 0 Å². The van der Waals surface area contributed by atoms with Gasteiger partial charge in [-0.2, -0.15) is 0 Å². The van der Waals surface area contributed by atoms with Crippen molar-refractivity contribution < 1.29 is 5.11 Å².